The van der Waals surface area contributed by atoms with Crippen molar-refractivity contribution >= 4 is 42.3 Å². The summed E-state index contributed by atoms with van der Waals surface area (Å²) < 4.78 is 0. The van der Waals surface area contributed by atoms with E-state index in [4.69, 9.17) is 10.8 Å². The molecule has 0 saturated carbocycles. The van der Waals surface area contributed by atoms with Crippen molar-refractivity contribution in [2.45, 2.75) is 64.2 Å². The molecule has 0 bridgehead atoms. The average molecular weight is 435 g/mol. The summed E-state index contributed by atoms with van der Waals surface area (Å²) in [6.45, 7) is 4.95. The second-order valence-electron chi connectivity index (χ2n) is 7.04. The van der Waals surface area contributed by atoms with E-state index in [1.54, 1.807) is 13.8 Å². The van der Waals surface area contributed by atoms with Crippen LogP contribution in [0.25, 0.3) is 0 Å². The fourth-order valence-electron chi connectivity index (χ4n) is 2.27. The fourth-order valence-corrected chi connectivity index (χ4v) is 2.43. The van der Waals surface area contributed by atoms with Gasteiger partial charge >= 0.3 is 11.9 Å². The van der Waals surface area contributed by atoms with Crippen molar-refractivity contribution in [2.75, 3.05) is 5.75 Å². The van der Waals surface area contributed by atoms with Gasteiger partial charge in [-0.1, -0.05) is 13.8 Å². The maximum Gasteiger partial charge on any atom is 0.326 e. The van der Waals surface area contributed by atoms with Crippen LogP contribution in [0.1, 0.15) is 40.0 Å². The lowest BCUT2D eigenvalue weighted by molar-refractivity contribution is -0.142. The molecule has 0 aliphatic rings. The van der Waals surface area contributed by atoms with Gasteiger partial charge in [-0.25, -0.2) is 4.79 Å². The number of nitrogens with two attached hydrogens (primary N) is 1. The van der Waals surface area contributed by atoms with Crippen LogP contribution in [0.5, 0.6) is 0 Å². The van der Waals surface area contributed by atoms with Gasteiger partial charge < -0.3 is 31.9 Å². The second kappa shape index (κ2) is 13.0. The van der Waals surface area contributed by atoms with Crippen molar-refractivity contribution in [1.29, 1.82) is 0 Å². The van der Waals surface area contributed by atoms with Crippen molar-refractivity contribution in [3.63, 3.8) is 0 Å². The van der Waals surface area contributed by atoms with Gasteiger partial charge in [0.15, 0.2) is 0 Å². The zero-order valence-corrected chi connectivity index (χ0v) is 17.6. The molecular weight excluding hydrogens is 404 g/mol. The molecule has 166 valence electrons. The molecule has 0 aliphatic carbocycles. The molecule has 0 aliphatic heterocycles. The first-order valence-electron chi connectivity index (χ1n) is 9.11. The molecule has 3 amide bonds. The third-order valence-corrected chi connectivity index (χ3v) is 4.28. The fraction of sp³-hybridized carbons (Fsp3) is 0.706. The Morgan fingerprint density at radius 3 is 1.90 bits per heavy atom. The highest BCUT2D eigenvalue weighted by molar-refractivity contribution is 7.80. The van der Waals surface area contributed by atoms with E-state index in [1.807, 2.05) is 0 Å². The van der Waals surface area contributed by atoms with Crippen LogP contribution in [0, 0.1) is 5.92 Å². The van der Waals surface area contributed by atoms with Crippen molar-refractivity contribution < 1.29 is 34.2 Å². The normalized spacial score (nSPS) is 15.0. The minimum absolute atomic E-state index is 0.0182. The zero-order valence-electron chi connectivity index (χ0n) is 16.7. The quantitative estimate of drug-likeness (QED) is 0.174. The number of hydrogen-bond donors (Lipinski definition) is 7. The monoisotopic (exact) mass is 434 g/mol. The number of thiol groups is 1. The number of amides is 3. The summed E-state index contributed by atoms with van der Waals surface area (Å²) in [6.07, 6.45) is -0.406. The number of carboxylic acid groups (broad SMARTS) is 2. The molecule has 0 saturated heterocycles. The number of aliphatic carboxylic acids is 2. The number of carboxylic acids is 2. The third-order valence-electron chi connectivity index (χ3n) is 3.89. The maximum absolute atomic E-state index is 12.4. The van der Waals surface area contributed by atoms with Gasteiger partial charge in [0.1, 0.15) is 18.1 Å². The minimum atomic E-state index is -1.23. The molecule has 0 aromatic heterocycles. The van der Waals surface area contributed by atoms with Crippen LogP contribution in [0.2, 0.25) is 0 Å². The van der Waals surface area contributed by atoms with Crippen molar-refractivity contribution in [3.05, 3.63) is 0 Å². The summed E-state index contributed by atoms with van der Waals surface area (Å²) >= 11 is 3.89. The average Bonchev–Trinajstić information content (AvgIpc) is 2.62. The van der Waals surface area contributed by atoms with E-state index in [9.17, 15) is 29.1 Å². The summed E-state index contributed by atoms with van der Waals surface area (Å²) in [5, 5.41) is 25.1. The number of nitrogens with one attached hydrogen (secondary N) is 3. The van der Waals surface area contributed by atoms with Crippen molar-refractivity contribution in [2.24, 2.45) is 11.7 Å². The Labute approximate surface area is 174 Å². The molecule has 0 rings (SSSR count). The number of rotatable bonds is 13. The first-order chi connectivity index (χ1) is 13.4. The summed E-state index contributed by atoms with van der Waals surface area (Å²) in [7, 11) is 0. The molecule has 0 spiro atoms. The predicted octanol–water partition coefficient (Wildman–Crippen LogP) is -1.29. The van der Waals surface area contributed by atoms with Gasteiger partial charge in [0.25, 0.3) is 0 Å². The van der Waals surface area contributed by atoms with Gasteiger partial charge in [0.05, 0.1) is 6.04 Å². The highest BCUT2D eigenvalue weighted by Crippen LogP contribution is 2.06. The summed E-state index contributed by atoms with van der Waals surface area (Å²) in [5.74, 6) is -4.52. The van der Waals surface area contributed by atoms with E-state index in [2.05, 4.69) is 28.6 Å². The van der Waals surface area contributed by atoms with Crippen LogP contribution in [0.4, 0.5) is 0 Å². The largest absolute Gasteiger partial charge is 0.481 e. The molecule has 0 fully saturated rings. The first-order valence-corrected chi connectivity index (χ1v) is 9.74. The summed E-state index contributed by atoms with van der Waals surface area (Å²) in [5.41, 5.74) is 5.54. The van der Waals surface area contributed by atoms with Crippen LogP contribution < -0.4 is 21.7 Å². The van der Waals surface area contributed by atoms with Crippen LogP contribution >= 0.6 is 12.6 Å². The lowest BCUT2D eigenvalue weighted by atomic mass is 10.0. The van der Waals surface area contributed by atoms with Crippen LogP contribution in [0.3, 0.4) is 0 Å². The molecule has 0 aromatic rings. The molecule has 0 heterocycles. The lowest BCUT2D eigenvalue weighted by Gasteiger charge is -2.23. The van der Waals surface area contributed by atoms with E-state index in [0.717, 1.165) is 0 Å². The Balaban J connectivity index is 5.05. The lowest BCUT2D eigenvalue weighted by Crippen LogP contribution is -2.56. The van der Waals surface area contributed by atoms with Gasteiger partial charge in [-0.05, 0) is 25.7 Å². The van der Waals surface area contributed by atoms with E-state index in [0.29, 0.717) is 0 Å². The Bertz CT molecular complexity index is 615. The third kappa shape index (κ3) is 10.7. The Kier molecular flexibility index (Phi) is 11.9. The van der Waals surface area contributed by atoms with E-state index < -0.39 is 60.2 Å². The summed E-state index contributed by atoms with van der Waals surface area (Å²) in [6, 6.07) is -4.45. The number of carbonyl (C=O) groups excluding carboxylic acids is 3. The summed E-state index contributed by atoms with van der Waals surface area (Å²) in [4.78, 5) is 58.7. The van der Waals surface area contributed by atoms with Crippen LogP contribution in [0.15, 0.2) is 0 Å². The van der Waals surface area contributed by atoms with Crippen molar-refractivity contribution in [3.8, 4) is 0 Å². The molecule has 4 atom stereocenters. The van der Waals surface area contributed by atoms with Gasteiger partial charge in [-0.3, -0.25) is 19.2 Å². The number of hydrogen-bond acceptors (Lipinski definition) is 7. The Morgan fingerprint density at radius 1 is 0.897 bits per heavy atom. The van der Waals surface area contributed by atoms with Gasteiger partial charge in [0, 0.05) is 12.2 Å². The molecule has 12 heteroatoms. The van der Waals surface area contributed by atoms with Crippen LogP contribution in [-0.2, 0) is 24.0 Å². The molecule has 0 unspecified atom stereocenters. The molecule has 29 heavy (non-hydrogen) atoms. The highest BCUT2D eigenvalue weighted by Gasteiger charge is 2.28. The Morgan fingerprint density at radius 2 is 1.45 bits per heavy atom. The van der Waals surface area contributed by atoms with Crippen molar-refractivity contribution in [1.82, 2.24) is 16.0 Å². The van der Waals surface area contributed by atoms with Gasteiger partial charge in [-0.2, -0.15) is 12.6 Å². The van der Waals surface area contributed by atoms with Gasteiger partial charge in [0.2, 0.25) is 17.7 Å². The Hall–Kier alpha value is -2.34. The topological polar surface area (TPSA) is 188 Å². The zero-order chi connectivity index (χ0) is 22.7. The molecule has 0 radical (unpaired) electrons. The number of carbonyl (C=O) groups is 5. The predicted molar refractivity (Wildman–Crippen MR) is 107 cm³/mol. The minimum Gasteiger partial charge on any atom is -0.481 e. The standard InChI is InChI=1S/C17H30N4O7S/c1-8(2)6-12(17(27)28)21-14(24)9(3)19-16(26)11(4-5-13(22)23)20-15(25)10(18)7-29/h8-12,29H,4-7,18H2,1-3H3,(H,19,26)(H,20,25)(H,21,24)(H,22,23)(H,27,28)/t9-,10-,11-,12-/m0/s1. The highest BCUT2D eigenvalue weighted by atomic mass is 32.1. The van der Waals surface area contributed by atoms with Gasteiger partial charge in [-0.15, -0.1) is 0 Å². The van der Waals surface area contributed by atoms with E-state index >= 15 is 0 Å². The smallest absolute Gasteiger partial charge is 0.326 e. The molecule has 11 nitrogen and oxygen atoms in total. The second-order valence-corrected chi connectivity index (χ2v) is 7.41. The molecule has 0 aromatic carbocycles. The molecule has 7 N–H and O–H groups in total. The van der Waals surface area contributed by atoms with E-state index in [1.165, 1.54) is 6.92 Å². The molecular formula is C17H30N4O7S. The van der Waals surface area contributed by atoms with Crippen LogP contribution in [-0.4, -0.2) is 69.8 Å². The van der Waals surface area contributed by atoms with E-state index in [-0.39, 0.29) is 24.5 Å². The SMILES string of the molecule is CC(C)C[C@H](NC(=O)[C@H](C)NC(=O)[C@H](CCC(=O)O)NC(=O)[C@@H](N)CS)C(=O)O. The maximum atomic E-state index is 12.4. The first kappa shape index (κ1) is 26.7.